The van der Waals surface area contributed by atoms with Gasteiger partial charge in [-0.1, -0.05) is 29.8 Å². The molecule has 0 bridgehead atoms. The van der Waals surface area contributed by atoms with E-state index in [9.17, 15) is 14.7 Å². The van der Waals surface area contributed by atoms with Crippen molar-refractivity contribution < 1.29 is 14.7 Å². The Bertz CT molecular complexity index is 807. The molecule has 24 heavy (non-hydrogen) atoms. The number of phenols is 1. The predicted molar refractivity (Wildman–Crippen MR) is 92.7 cm³/mol. The summed E-state index contributed by atoms with van der Waals surface area (Å²) in [6.07, 6.45) is 0.351. The smallest absolute Gasteiger partial charge is 0.251 e. The fraction of sp³-hybridized carbons (Fsp3) is 0.222. The molecule has 2 aromatic carbocycles. The Labute approximate surface area is 144 Å². The molecule has 1 aliphatic rings. The van der Waals surface area contributed by atoms with Crippen molar-refractivity contribution in [3.63, 3.8) is 0 Å². The topological polar surface area (TPSA) is 69.6 Å². The number of anilines is 1. The van der Waals surface area contributed by atoms with E-state index < -0.39 is 0 Å². The van der Waals surface area contributed by atoms with E-state index in [-0.39, 0.29) is 28.5 Å². The highest BCUT2D eigenvalue weighted by Crippen LogP contribution is 2.34. The normalized spacial score (nSPS) is 16.7. The van der Waals surface area contributed by atoms with Crippen molar-refractivity contribution in [2.45, 2.75) is 12.3 Å². The molecule has 1 aliphatic heterocycles. The Hall–Kier alpha value is -2.53. The van der Waals surface area contributed by atoms with Crippen LogP contribution in [0.5, 0.6) is 5.75 Å². The quantitative estimate of drug-likeness (QED) is 0.899. The largest absolute Gasteiger partial charge is 0.506 e. The zero-order chi connectivity index (χ0) is 17.3. The van der Waals surface area contributed by atoms with Crippen LogP contribution in [-0.2, 0) is 4.79 Å². The average Bonchev–Trinajstić information content (AvgIpc) is 2.59. The van der Waals surface area contributed by atoms with Gasteiger partial charge in [-0.05, 0) is 29.8 Å². The van der Waals surface area contributed by atoms with Gasteiger partial charge in [0.15, 0.2) is 0 Å². The molecule has 6 heteroatoms. The Morgan fingerprint density at radius 1 is 1.33 bits per heavy atom. The first-order valence-electron chi connectivity index (χ1n) is 7.59. The van der Waals surface area contributed by atoms with E-state index in [4.69, 9.17) is 11.6 Å². The predicted octanol–water partition coefficient (Wildman–Crippen LogP) is 2.93. The SMILES string of the molecule is CN1C(=O)C[C@H](CNC(=O)c2ccc(O)c(Cl)c2)c2ccccc21. The number of hydrogen-bond donors (Lipinski definition) is 2. The van der Waals surface area contributed by atoms with E-state index in [1.165, 1.54) is 18.2 Å². The summed E-state index contributed by atoms with van der Waals surface area (Å²) in [5.41, 5.74) is 2.29. The van der Waals surface area contributed by atoms with E-state index in [0.29, 0.717) is 18.5 Å². The lowest BCUT2D eigenvalue weighted by atomic mass is 9.89. The summed E-state index contributed by atoms with van der Waals surface area (Å²) in [7, 11) is 1.76. The van der Waals surface area contributed by atoms with Gasteiger partial charge in [0.2, 0.25) is 5.91 Å². The summed E-state index contributed by atoms with van der Waals surface area (Å²) in [5.74, 6) is -0.397. The first-order chi connectivity index (χ1) is 11.5. The van der Waals surface area contributed by atoms with Crippen molar-refractivity contribution in [3.05, 3.63) is 58.6 Å². The molecule has 0 saturated heterocycles. The van der Waals surface area contributed by atoms with Crippen molar-refractivity contribution in [1.29, 1.82) is 0 Å². The lowest BCUT2D eigenvalue weighted by molar-refractivity contribution is -0.119. The highest BCUT2D eigenvalue weighted by atomic mass is 35.5. The number of nitrogens with zero attached hydrogens (tertiary/aromatic N) is 1. The molecular formula is C18H17ClN2O3. The molecule has 0 saturated carbocycles. The Morgan fingerprint density at radius 2 is 2.08 bits per heavy atom. The van der Waals surface area contributed by atoms with Crippen LogP contribution in [0.15, 0.2) is 42.5 Å². The first kappa shape index (κ1) is 16.3. The number of aromatic hydroxyl groups is 1. The fourth-order valence-corrected chi connectivity index (χ4v) is 3.06. The van der Waals surface area contributed by atoms with Crippen LogP contribution in [0.4, 0.5) is 5.69 Å². The molecule has 5 nitrogen and oxygen atoms in total. The van der Waals surface area contributed by atoms with E-state index in [0.717, 1.165) is 11.3 Å². The minimum absolute atomic E-state index is 0.0284. The molecule has 2 N–H and O–H groups in total. The molecule has 2 aromatic rings. The number of amides is 2. The Balaban J connectivity index is 1.74. The standard InChI is InChI=1S/C18H17ClN2O3/c1-21-15-5-3-2-4-13(15)12(9-17(21)23)10-20-18(24)11-6-7-16(22)14(19)8-11/h2-8,12,22H,9-10H2,1H3,(H,20,24)/t12-/m1/s1. The van der Waals surface area contributed by atoms with Crippen LogP contribution in [0.25, 0.3) is 0 Å². The molecule has 0 spiro atoms. The average molecular weight is 345 g/mol. The van der Waals surface area contributed by atoms with Crippen LogP contribution in [0, 0.1) is 0 Å². The molecule has 124 valence electrons. The number of nitrogens with one attached hydrogen (secondary N) is 1. The monoisotopic (exact) mass is 344 g/mol. The van der Waals surface area contributed by atoms with Gasteiger partial charge in [-0.2, -0.15) is 0 Å². The van der Waals surface area contributed by atoms with Gasteiger partial charge in [0.25, 0.3) is 5.91 Å². The molecule has 2 amide bonds. The molecule has 1 heterocycles. The van der Waals surface area contributed by atoms with Crippen molar-refractivity contribution in [2.24, 2.45) is 0 Å². The second-order valence-corrected chi connectivity index (χ2v) is 6.20. The number of fused-ring (bicyclic) bond motifs is 1. The van der Waals surface area contributed by atoms with Crippen LogP contribution in [0.3, 0.4) is 0 Å². The fourth-order valence-electron chi connectivity index (χ4n) is 2.88. The molecule has 3 rings (SSSR count). The van der Waals surface area contributed by atoms with Gasteiger partial charge in [-0.3, -0.25) is 9.59 Å². The number of benzene rings is 2. The number of rotatable bonds is 3. The summed E-state index contributed by atoms with van der Waals surface area (Å²) in [5, 5.41) is 12.4. The molecule has 0 aromatic heterocycles. The van der Waals surface area contributed by atoms with Gasteiger partial charge >= 0.3 is 0 Å². The van der Waals surface area contributed by atoms with Crippen LogP contribution in [-0.4, -0.2) is 30.5 Å². The van der Waals surface area contributed by atoms with Crippen molar-refractivity contribution >= 4 is 29.1 Å². The van der Waals surface area contributed by atoms with Gasteiger partial charge < -0.3 is 15.3 Å². The summed E-state index contributed by atoms with van der Waals surface area (Å²) < 4.78 is 0. The maximum Gasteiger partial charge on any atom is 0.251 e. The van der Waals surface area contributed by atoms with Gasteiger partial charge in [0, 0.05) is 37.2 Å². The molecular weight excluding hydrogens is 328 g/mol. The van der Waals surface area contributed by atoms with Crippen LogP contribution in [0.2, 0.25) is 5.02 Å². The first-order valence-corrected chi connectivity index (χ1v) is 7.97. The Morgan fingerprint density at radius 3 is 2.83 bits per heavy atom. The van der Waals surface area contributed by atoms with E-state index in [1.807, 2.05) is 24.3 Å². The minimum Gasteiger partial charge on any atom is -0.506 e. The van der Waals surface area contributed by atoms with Crippen molar-refractivity contribution in [1.82, 2.24) is 5.32 Å². The van der Waals surface area contributed by atoms with Crippen molar-refractivity contribution in [2.75, 3.05) is 18.5 Å². The van der Waals surface area contributed by atoms with Gasteiger partial charge in [-0.15, -0.1) is 0 Å². The lowest BCUT2D eigenvalue weighted by Gasteiger charge is -2.31. The van der Waals surface area contributed by atoms with Crippen LogP contribution >= 0.6 is 11.6 Å². The second kappa shape index (κ2) is 6.53. The maximum absolute atomic E-state index is 12.3. The summed E-state index contributed by atoms with van der Waals surface area (Å²) in [6, 6.07) is 12.0. The van der Waals surface area contributed by atoms with Gasteiger partial charge in [0.05, 0.1) is 5.02 Å². The number of carbonyl (C=O) groups is 2. The van der Waals surface area contributed by atoms with E-state index in [2.05, 4.69) is 5.32 Å². The van der Waals surface area contributed by atoms with Crippen LogP contribution < -0.4 is 10.2 Å². The van der Waals surface area contributed by atoms with Gasteiger partial charge in [-0.25, -0.2) is 0 Å². The highest BCUT2D eigenvalue weighted by molar-refractivity contribution is 6.32. The second-order valence-electron chi connectivity index (χ2n) is 5.79. The molecule has 0 fully saturated rings. The van der Waals surface area contributed by atoms with E-state index >= 15 is 0 Å². The highest BCUT2D eigenvalue weighted by Gasteiger charge is 2.29. The molecule has 0 unspecified atom stereocenters. The number of carbonyl (C=O) groups excluding carboxylic acids is 2. The number of hydrogen-bond acceptors (Lipinski definition) is 3. The third kappa shape index (κ3) is 3.08. The van der Waals surface area contributed by atoms with E-state index in [1.54, 1.807) is 11.9 Å². The number of phenolic OH excluding ortho intramolecular Hbond substituents is 1. The lowest BCUT2D eigenvalue weighted by Crippen LogP contribution is -2.37. The molecule has 0 aliphatic carbocycles. The third-order valence-corrected chi connectivity index (χ3v) is 4.55. The van der Waals surface area contributed by atoms with Crippen LogP contribution in [0.1, 0.15) is 28.3 Å². The zero-order valence-corrected chi connectivity index (χ0v) is 13.9. The van der Waals surface area contributed by atoms with Crippen molar-refractivity contribution in [3.8, 4) is 5.75 Å². The third-order valence-electron chi connectivity index (χ3n) is 4.25. The summed E-state index contributed by atoms with van der Waals surface area (Å²) in [6.45, 7) is 0.355. The molecule has 0 radical (unpaired) electrons. The maximum atomic E-state index is 12.3. The number of halogens is 1. The van der Waals surface area contributed by atoms with Gasteiger partial charge in [0.1, 0.15) is 5.75 Å². The summed E-state index contributed by atoms with van der Waals surface area (Å²) >= 11 is 5.83. The summed E-state index contributed by atoms with van der Waals surface area (Å²) in [4.78, 5) is 26.0. The number of para-hydroxylation sites is 1. The minimum atomic E-state index is -0.291. The molecule has 1 atom stereocenters. The zero-order valence-electron chi connectivity index (χ0n) is 13.1. The Kier molecular flexibility index (Phi) is 4.44.